The van der Waals surface area contributed by atoms with Crippen molar-refractivity contribution in [2.75, 3.05) is 39.5 Å². The molecule has 0 radical (unpaired) electrons. The van der Waals surface area contributed by atoms with E-state index in [0.29, 0.717) is 0 Å². The number of carbonyl (C=O) groups is 2. The van der Waals surface area contributed by atoms with Gasteiger partial charge in [0.25, 0.3) is 0 Å². The van der Waals surface area contributed by atoms with E-state index in [1.54, 1.807) is 11.9 Å². The fourth-order valence-electron chi connectivity index (χ4n) is 1.79. The lowest BCUT2D eigenvalue weighted by Crippen LogP contribution is -2.31. The minimum Gasteiger partial charge on any atom is -0.481 e. The topological polar surface area (TPSA) is 107 Å². The van der Waals surface area contributed by atoms with Crippen LogP contribution in [0.5, 0.6) is 0 Å². The molecule has 1 rings (SSSR count). The number of hydrogen-bond acceptors (Lipinski definition) is 5. The fraction of sp³-hybridized carbons (Fsp3) is 0.429. The van der Waals surface area contributed by atoms with Gasteiger partial charge in [0.05, 0.1) is 18.0 Å². The van der Waals surface area contributed by atoms with Crippen molar-refractivity contribution in [3.8, 4) is 0 Å². The second kappa shape index (κ2) is 9.93. The highest BCUT2D eigenvalue weighted by atomic mass is 35.5. The third-order valence-electron chi connectivity index (χ3n) is 3.09. The Hall–Kier alpha value is -1.39. The summed E-state index contributed by atoms with van der Waals surface area (Å²) in [4.78, 5) is 23.9. The number of aliphatic carboxylic acids is 1. The number of anilines is 1. The Labute approximate surface area is 158 Å². The number of benzene rings is 1. The minimum atomic E-state index is -3.73. The Morgan fingerprint density at radius 3 is 2.36 bits per heavy atom. The smallest absolute Gasteiger partial charge is 0.304 e. The van der Waals surface area contributed by atoms with Gasteiger partial charge in [0.2, 0.25) is 15.9 Å². The molecule has 0 aliphatic rings. The summed E-state index contributed by atoms with van der Waals surface area (Å²) in [7, 11) is 0.651. The lowest BCUT2D eigenvalue weighted by atomic mass is 10.3. The molecule has 0 saturated carbocycles. The predicted molar refractivity (Wildman–Crippen MR) is 98.0 cm³/mol. The zero-order valence-electron chi connectivity index (χ0n) is 14.0. The van der Waals surface area contributed by atoms with E-state index >= 15 is 0 Å². The summed E-state index contributed by atoms with van der Waals surface area (Å²) in [6.07, 6.45) is -0.0735. The second-order valence-corrected chi connectivity index (χ2v) is 7.89. The van der Waals surface area contributed by atoms with Crippen molar-refractivity contribution in [1.29, 1.82) is 0 Å². The fourth-order valence-corrected chi connectivity index (χ4v) is 3.18. The number of rotatable bonds is 8. The first-order chi connectivity index (χ1) is 11.0. The van der Waals surface area contributed by atoms with Crippen molar-refractivity contribution in [3.05, 3.63) is 23.2 Å². The molecule has 0 saturated heterocycles. The predicted octanol–water partition coefficient (Wildman–Crippen LogP) is 1.36. The first kappa shape index (κ1) is 23.6. The van der Waals surface area contributed by atoms with Crippen molar-refractivity contribution >= 4 is 51.6 Å². The van der Waals surface area contributed by atoms with Gasteiger partial charge in [-0.3, -0.25) is 14.5 Å². The number of nitrogens with one attached hydrogen (secondary N) is 1. The van der Waals surface area contributed by atoms with Crippen LogP contribution in [-0.4, -0.2) is 68.8 Å². The molecule has 1 aromatic carbocycles. The van der Waals surface area contributed by atoms with Crippen LogP contribution < -0.4 is 5.32 Å². The summed E-state index contributed by atoms with van der Waals surface area (Å²) < 4.78 is 25.4. The highest BCUT2D eigenvalue weighted by Gasteiger charge is 2.21. The van der Waals surface area contributed by atoms with Crippen LogP contribution in [-0.2, 0) is 19.6 Å². The molecule has 0 bridgehead atoms. The number of carboxylic acid groups (broad SMARTS) is 1. The third kappa shape index (κ3) is 7.17. The lowest BCUT2D eigenvalue weighted by Gasteiger charge is -2.16. The van der Waals surface area contributed by atoms with Crippen LogP contribution in [0.2, 0.25) is 5.02 Å². The maximum Gasteiger partial charge on any atom is 0.304 e. The summed E-state index contributed by atoms with van der Waals surface area (Å²) in [5.41, 5.74) is 0.288. The first-order valence-electron chi connectivity index (χ1n) is 6.96. The Balaban J connectivity index is 0.00000576. The first-order valence-corrected chi connectivity index (χ1v) is 8.78. The van der Waals surface area contributed by atoms with Crippen LogP contribution in [0.1, 0.15) is 6.42 Å². The van der Waals surface area contributed by atoms with Crippen molar-refractivity contribution in [2.45, 2.75) is 11.3 Å². The van der Waals surface area contributed by atoms with Gasteiger partial charge in [-0.1, -0.05) is 11.6 Å². The van der Waals surface area contributed by atoms with Gasteiger partial charge in [-0.2, -0.15) is 0 Å². The number of halogens is 2. The van der Waals surface area contributed by atoms with Crippen molar-refractivity contribution in [1.82, 2.24) is 9.21 Å². The van der Waals surface area contributed by atoms with Gasteiger partial charge in [0.1, 0.15) is 4.90 Å². The van der Waals surface area contributed by atoms with Gasteiger partial charge in [0.15, 0.2) is 0 Å². The van der Waals surface area contributed by atoms with Crippen molar-refractivity contribution < 1.29 is 23.1 Å². The molecule has 0 aliphatic carbocycles. The average molecular weight is 414 g/mol. The SMILES string of the molecule is CN(CCC(=O)O)CC(=O)Nc1ccc(Cl)c(S(=O)(=O)N(C)C)c1.Cl. The molecule has 0 atom stereocenters. The Morgan fingerprint density at radius 1 is 1.24 bits per heavy atom. The van der Waals surface area contributed by atoms with Crippen LogP contribution in [0.4, 0.5) is 5.69 Å². The molecular weight excluding hydrogens is 393 g/mol. The quantitative estimate of drug-likeness (QED) is 0.665. The van der Waals surface area contributed by atoms with Crippen LogP contribution >= 0.6 is 24.0 Å². The van der Waals surface area contributed by atoms with Crippen LogP contribution in [0.15, 0.2) is 23.1 Å². The number of carboxylic acids is 1. The molecular formula is C14H21Cl2N3O5S. The molecule has 25 heavy (non-hydrogen) atoms. The summed E-state index contributed by atoms with van der Waals surface area (Å²) in [6, 6.07) is 4.17. The number of amides is 1. The highest BCUT2D eigenvalue weighted by Crippen LogP contribution is 2.26. The van der Waals surface area contributed by atoms with E-state index < -0.39 is 21.9 Å². The largest absolute Gasteiger partial charge is 0.481 e. The third-order valence-corrected chi connectivity index (χ3v) is 5.39. The summed E-state index contributed by atoms with van der Waals surface area (Å²) in [6.45, 7) is 0.204. The highest BCUT2D eigenvalue weighted by molar-refractivity contribution is 7.89. The van der Waals surface area contributed by atoms with Crippen LogP contribution in [0.3, 0.4) is 0 Å². The summed E-state index contributed by atoms with van der Waals surface area (Å²) in [5, 5.41) is 11.2. The zero-order chi connectivity index (χ0) is 18.5. The molecule has 0 unspecified atom stereocenters. The standard InChI is InChI=1S/C14H20ClN3O5S.ClH/c1-17(2)24(22,23)12-8-10(4-5-11(12)15)16-13(19)9-18(3)7-6-14(20)21;/h4-5,8H,6-7,9H2,1-3H3,(H,16,19)(H,20,21);1H. The van der Waals surface area contributed by atoms with E-state index in [0.717, 1.165) is 4.31 Å². The van der Waals surface area contributed by atoms with Crippen LogP contribution in [0, 0.1) is 0 Å². The van der Waals surface area contributed by atoms with E-state index in [2.05, 4.69) is 5.32 Å². The van der Waals surface area contributed by atoms with Crippen molar-refractivity contribution in [3.63, 3.8) is 0 Å². The van der Waals surface area contributed by atoms with Gasteiger partial charge in [-0.25, -0.2) is 12.7 Å². The Bertz CT molecular complexity index is 725. The molecule has 11 heteroatoms. The van der Waals surface area contributed by atoms with E-state index in [9.17, 15) is 18.0 Å². The number of carbonyl (C=O) groups excluding carboxylic acids is 1. The maximum absolute atomic E-state index is 12.2. The molecule has 0 heterocycles. The number of likely N-dealkylation sites (N-methyl/N-ethyl adjacent to an activating group) is 1. The molecule has 1 aromatic rings. The average Bonchev–Trinajstić information content (AvgIpc) is 2.46. The van der Waals surface area contributed by atoms with Gasteiger partial charge in [-0.05, 0) is 25.2 Å². The number of nitrogens with zero attached hydrogens (tertiary/aromatic N) is 2. The summed E-state index contributed by atoms with van der Waals surface area (Å²) >= 11 is 5.93. The molecule has 0 spiro atoms. The van der Waals surface area contributed by atoms with E-state index in [4.69, 9.17) is 16.7 Å². The molecule has 2 N–H and O–H groups in total. The van der Waals surface area contributed by atoms with Gasteiger partial charge >= 0.3 is 5.97 Å². The van der Waals surface area contributed by atoms with Crippen LogP contribution in [0.25, 0.3) is 0 Å². The van der Waals surface area contributed by atoms with Gasteiger partial charge in [0, 0.05) is 26.3 Å². The lowest BCUT2D eigenvalue weighted by molar-refractivity contribution is -0.137. The minimum absolute atomic E-state index is 0. The van der Waals surface area contributed by atoms with Gasteiger partial charge in [-0.15, -0.1) is 12.4 Å². The zero-order valence-corrected chi connectivity index (χ0v) is 16.4. The van der Waals surface area contributed by atoms with E-state index in [-0.39, 0.29) is 47.5 Å². The monoisotopic (exact) mass is 413 g/mol. The molecule has 142 valence electrons. The number of hydrogen-bond donors (Lipinski definition) is 2. The Morgan fingerprint density at radius 2 is 1.84 bits per heavy atom. The van der Waals surface area contributed by atoms with E-state index in [1.165, 1.54) is 32.3 Å². The van der Waals surface area contributed by atoms with E-state index in [1.807, 2.05) is 0 Å². The van der Waals surface area contributed by atoms with Crippen molar-refractivity contribution in [2.24, 2.45) is 0 Å². The molecule has 1 amide bonds. The molecule has 8 nitrogen and oxygen atoms in total. The second-order valence-electron chi connectivity index (χ2n) is 5.36. The molecule has 0 aromatic heterocycles. The summed E-state index contributed by atoms with van der Waals surface area (Å²) in [5.74, 6) is -1.34. The van der Waals surface area contributed by atoms with Gasteiger partial charge < -0.3 is 10.4 Å². The normalized spacial score (nSPS) is 11.3. The molecule has 0 fully saturated rings. The maximum atomic E-state index is 12.2. The molecule has 0 aliphatic heterocycles. The number of sulfonamides is 1. The Kier molecular flexibility index (Phi) is 9.38.